The van der Waals surface area contributed by atoms with Crippen molar-refractivity contribution in [2.75, 3.05) is 30.7 Å². The van der Waals surface area contributed by atoms with Crippen LogP contribution in [0, 0.1) is 5.92 Å². The lowest BCUT2D eigenvalue weighted by Crippen LogP contribution is -2.30. The Morgan fingerprint density at radius 2 is 2.30 bits per heavy atom. The monoisotopic (exact) mass is 278 g/mol. The summed E-state index contributed by atoms with van der Waals surface area (Å²) in [5.74, 6) is 1.63. The van der Waals surface area contributed by atoms with E-state index in [-0.39, 0.29) is 12.5 Å². The fourth-order valence-electron chi connectivity index (χ4n) is 1.64. The third-order valence-electron chi connectivity index (χ3n) is 3.04. The maximum atomic E-state index is 11.5. The molecule has 0 unspecified atom stereocenters. The Morgan fingerprint density at radius 1 is 1.50 bits per heavy atom. The van der Waals surface area contributed by atoms with Crippen LogP contribution in [-0.2, 0) is 4.79 Å². The van der Waals surface area contributed by atoms with E-state index in [1.54, 1.807) is 12.1 Å². The van der Waals surface area contributed by atoms with Crippen LogP contribution >= 0.6 is 0 Å². The smallest absolute Gasteiger partial charge is 0.239 e. The summed E-state index contributed by atoms with van der Waals surface area (Å²) in [7, 11) is 0. The highest BCUT2D eigenvalue weighted by Gasteiger charge is 2.22. The molecule has 1 saturated carbocycles. The SMILES string of the molecule is CCCNC(=O)CNc1ccc(N)c(OCC2CC2)n1. The highest BCUT2D eigenvalue weighted by Crippen LogP contribution is 2.30. The average molecular weight is 278 g/mol. The normalized spacial score (nSPS) is 13.8. The van der Waals surface area contributed by atoms with Crippen LogP contribution in [0.5, 0.6) is 5.88 Å². The molecule has 0 spiro atoms. The minimum absolute atomic E-state index is 0.0501. The van der Waals surface area contributed by atoms with E-state index in [1.165, 1.54) is 12.8 Å². The largest absolute Gasteiger partial charge is 0.476 e. The molecule has 4 N–H and O–H groups in total. The maximum absolute atomic E-state index is 11.5. The Hall–Kier alpha value is -1.98. The average Bonchev–Trinajstić information content (AvgIpc) is 3.27. The van der Waals surface area contributed by atoms with E-state index < -0.39 is 0 Å². The molecule has 1 heterocycles. The molecule has 6 heteroatoms. The maximum Gasteiger partial charge on any atom is 0.239 e. The van der Waals surface area contributed by atoms with E-state index >= 15 is 0 Å². The Labute approximate surface area is 119 Å². The molecule has 20 heavy (non-hydrogen) atoms. The van der Waals surface area contributed by atoms with Crippen molar-refractivity contribution < 1.29 is 9.53 Å². The number of nitrogens with one attached hydrogen (secondary N) is 2. The number of rotatable bonds is 8. The lowest BCUT2D eigenvalue weighted by molar-refractivity contribution is -0.119. The summed E-state index contributed by atoms with van der Waals surface area (Å²) in [5, 5.41) is 5.76. The van der Waals surface area contributed by atoms with Crippen molar-refractivity contribution in [1.29, 1.82) is 0 Å². The molecule has 6 nitrogen and oxygen atoms in total. The summed E-state index contributed by atoms with van der Waals surface area (Å²) < 4.78 is 5.60. The number of ether oxygens (including phenoxy) is 1. The second-order valence-corrected chi connectivity index (χ2v) is 5.05. The van der Waals surface area contributed by atoms with Crippen molar-refractivity contribution in [1.82, 2.24) is 10.3 Å². The summed E-state index contributed by atoms with van der Waals surface area (Å²) in [6.45, 7) is 3.56. The summed E-state index contributed by atoms with van der Waals surface area (Å²) in [5.41, 5.74) is 6.34. The van der Waals surface area contributed by atoms with Crippen molar-refractivity contribution in [3.63, 3.8) is 0 Å². The molecule has 1 fully saturated rings. The Bertz CT molecular complexity index is 460. The zero-order chi connectivity index (χ0) is 14.4. The van der Waals surface area contributed by atoms with E-state index in [9.17, 15) is 4.79 Å². The Kier molecular flexibility index (Phi) is 5.03. The van der Waals surface area contributed by atoms with Gasteiger partial charge in [-0.05, 0) is 37.3 Å². The van der Waals surface area contributed by atoms with Crippen molar-refractivity contribution >= 4 is 17.4 Å². The highest BCUT2D eigenvalue weighted by atomic mass is 16.5. The van der Waals surface area contributed by atoms with Gasteiger partial charge in [0.25, 0.3) is 0 Å². The van der Waals surface area contributed by atoms with E-state index in [0.717, 1.165) is 6.42 Å². The molecule has 1 aliphatic rings. The standard InChI is InChI=1S/C14H22N4O2/c1-2-7-16-13(19)8-17-12-6-5-11(15)14(18-12)20-9-10-3-4-10/h5-6,10H,2-4,7-9,15H2,1H3,(H,16,19)(H,17,18). The highest BCUT2D eigenvalue weighted by molar-refractivity contribution is 5.80. The molecular weight excluding hydrogens is 256 g/mol. The molecule has 0 bridgehead atoms. The molecule has 110 valence electrons. The molecule has 0 aliphatic heterocycles. The first-order chi connectivity index (χ1) is 9.69. The Balaban J connectivity index is 1.84. The number of amides is 1. The first kappa shape index (κ1) is 14.4. The van der Waals surface area contributed by atoms with E-state index in [0.29, 0.717) is 36.5 Å². The first-order valence-electron chi connectivity index (χ1n) is 7.09. The molecule has 1 aromatic rings. The van der Waals surface area contributed by atoms with Gasteiger partial charge < -0.3 is 21.1 Å². The van der Waals surface area contributed by atoms with Crippen molar-refractivity contribution in [3.8, 4) is 5.88 Å². The first-order valence-corrected chi connectivity index (χ1v) is 7.09. The summed E-state index contributed by atoms with van der Waals surface area (Å²) in [6, 6.07) is 3.48. The zero-order valence-electron chi connectivity index (χ0n) is 11.8. The van der Waals surface area contributed by atoms with Crippen molar-refractivity contribution in [3.05, 3.63) is 12.1 Å². The number of carbonyl (C=O) groups is 1. The Morgan fingerprint density at radius 3 is 3.00 bits per heavy atom. The molecular formula is C14H22N4O2. The van der Waals surface area contributed by atoms with Gasteiger partial charge in [0.1, 0.15) is 5.82 Å². The molecule has 0 atom stereocenters. The number of nitrogen functional groups attached to an aromatic ring is 1. The number of pyridine rings is 1. The second kappa shape index (κ2) is 6.98. The van der Waals surface area contributed by atoms with Crippen LogP contribution in [0.15, 0.2) is 12.1 Å². The van der Waals surface area contributed by atoms with Crippen LogP contribution in [0.1, 0.15) is 26.2 Å². The summed E-state index contributed by atoms with van der Waals surface area (Å²) >= 11 is 0. The van der Waals surface area contributed by atoms with Crippen molar-refractivity contribution in [2.24, 2.45) is 5.92 Å². The van der Waals surface area contributed by atoms with E-state index in [4.69, 9.17) is 10.5 Å². The van der Waals surface area contributed by atoms with E-state index in [1.807, 2.05) is 6.92 Å². The third kappa shape index (κ3) is 4.60. The quantitative estimate of drug-likeness (QED) is 0.668. The fourth-order valence-corrected chi connectivity index (χ4v) is 1.64. The fraction of sp³-hybridized carbons (Fsp3) is 0.571. The number of carbonyl (C=O) groups excluding carboxylic acids is 1. The van der Waals surface area contributed by atoms with Gasteiger partial charge in [0.15, 0.2) is 0 Å². The van der Waals surface area contributed by atoms with Crippen LogP contribution in [0.4, 0.5) is 11.5 Å². The number of aromatic nitrogens is 1. The van der Waals surface area contributed by atoms with Gasteiger partial charge in [0.05, 0.1) is 18.8 Å². The lowest BCUT2D eigenvalue weighted by Gasteiger charge is -2.10. The van der Waals surface area contributed by atoms with Crippen LogP contribution in [0.2, 0.25) is 0 Å². The number of hydrogen-bond acceptors (Lipinski definition) is 5. The van der Waals surface area contributed by atoms with Gasteiger partial charge in [-0.15, -0.1) is 0 Å². The molecule has 2 rings (SSSR count). The zero-order valence-corrected chi connectivity index (χ0v) is 11.8. The molecule has 0 aromatic carbocycles. The minimum Gasteiger partial charge on any atom is -0.476 e. The van der Waals surface area contributed by atoms with Gasteiger partial charge in [0, 0.05) is 6.54 Å². The molecule has 0 radical (unpaired) electrons. The number of anilines is 2. The van der Waals surface area contributed by atoms with Gasteiger partial charge in [-0.25, -0.2) is 0 Å². The lowest BCUT2D eigenvalue weighted by atomic mass is 10.4. The van der Waals surface area contributed by atoms with Gasteiger partial charge in [0.2, 0.25) is 11.8 Å². The van der Waals surface area contributed by atoms with Crippen LogP contribution in [0.25, 0.3) is 0 Å². The van der Waals surface area contributed by atoms with Crippen LogP contribution < -0.4 is 21.1 Å². The molecule has 1 aliphatic carbocycles. The number of nitrogens with two attached hydrogens (primary N) is 1. The predicted octanol–water partition coefficient (Wildman–Crippen LogP) is 1.39. The van der Waals surface area contributed by atoms with Gasteiger partial charge >= 0.3 is 0 Å². The van der Waals surface area contributed by atoms with Gasteiger partial charge in [-0.3, -0.25) is 4.79 Å². The molecule has 0 saturated heterocycles. The summed E-state index contributed by atoms with van der Waals surface area (Å²) in [6.07, 6.45) is 3.36. The van der Waals surface area contributed by atoms with Crippen LogP contribution in [-0.4, -0.2) is 30.6 Å². The third-order valence-corrected chi connectivity index (χ3v) is 3.04. The van der Waals surface area contributed by atoms with Crippen LogP contribution in [0.3, 0.4) is 0 Å². The molecule has 1 aromatic heterocycles. The van der Waals surface area contributed by atoms with Gasteiger partial charge in [-0.2, -0.15) is 4.98 Å². The number of hydrogen-bond donors (Lipinski definition) is 3. The van der Waals surface area contributed by atoms with E-state index in [2.05, 4.69) is 15.6 Å². The number of nitrogens with zero attached hydrogens (tertiary/aromatic N) is 1. The summed E-state index contributed by atoms with van der Waals surface area (Å²) in [4.78, 5) is 15.8. The topological polar surface area (TPSA) is 89.3 Å². The minimum atomic E-state index is -0.0501. The predicted molar refractivity (Wildman–Crippen MR) is 78.7 cm³/mol. The second-order valence-electron chi connectivity index (χ2n) is 5.05. The molecule has 1 amide bonds. The van der Waals surface area contributed by atoms with Gasteiger partial charge in [-0.1, -0.05) is 6.92 Å². The van der Waals surface area contributed by atoms with Crippen molar-refractivity contribution in [2.45, 2.75) is 26.2 Å².